The zero-order valence-electron chi connectivity index (χ0n) is 11.6. The summed E-state index contributed by atoms with van der Waals surface area (Å²) in [4.78, 5) is 4.43. The Morgan fingerprint density at radius 1 is 1.35 bits per heavy atom. The minimum Gasteiger partial charge on any atom is -0.369 e. The Bertz CT molecular complexity index is 537. The summed E-state index contributed by atoms with van der Waals surface area (Å²) < 4.78 is 10.8. The number of rotatable bonds is 7. The molecule has 5 nitrogen and oxygen atoms in total. The first-order chi connectivity index (χ1) is 9.86. The Balaban J connectivity index is 1.64. The van der Waals surface area contributed by atoms with Crippen molar-refractivity contribution in [3.05, 3.63) is 47.6 Å². The van der Waals surface area contributed by atoms with Gasteiger partial charge in [0.1, 0.15) is 6.10 Å². The van der Waals surface area contributed by atoms with E-state index in [0.29, 0.717) is 17.8 Å². The SMILES string of the molecule is COC(c1ccccc1)c1noc(CCNC2CC2)n1. The van der Waals surface area contributed by atoms with Crippen LogP contribution in [0.3, 0.4) is 0 Å². The minimum absolute atomic E-state index is 0.273. The average molecular weight is 273 g/mol. The number of ether oxygens (including phenoxy) is 1. The van der Waals surface area contributed by atoms with Crippen molar-refractivity contribution >= 4 is 0 Å². The molecule has 1 fully saturated rings. The van der Waals surface area contributed by atoms with Gasteiger partial charge in [0, 0.05) is 26.1 Å². The van der Waals surface area contributed by atoms with Gasteiger partial charge in [0.15, 0.2) is 0 Å². The zero-order valence-corrected chi connectivity index (χ0v) is 11.6. The number of aromatic nitrogens is 2. The van der Waals surface area contributed by atoms with Crippen LogP contribution >= 0.6 is 0 Å². The molecular formula is C15H19N3O2. The van der Waals surface area contributed by atoms with Gasteiger partial charge in [-0.15, -0.1) is 0 Å². The van der Waals surface area contributed by atoms with E-state index in [4.69, 9.17) is 9.26 Å². The lowest BCUT2D eigenvalue weighted by atomic mass is 10.1. The Kier molecular flexibility index (Phi) is 4.08. The fourth-order valence-corrected chi connectivity index (χ4v) is 2.17. The van der Waals surface area contributed by atoms with E-state index in [1.807, 2.05) is 30.3 Å². The Labute approximate surface area is 118 Å². The normalized spacial score (nSPS) is 16.2. The van der Waals surface area contributed by atoms with Gasteiger partial charge < -0.3 is 14.6 Å². The standard InChI is InChI=1S/C15H19N3O2/c1-19-14(11-5-3-2-4-6-11)15-17-13(20-18-15)9-10-16-12-7-8-12/h2-6,12,14,16H,7-10H2,1H3. The average Bonchev–Trinajstić information content (AvgIpc) is 3.19. The first-order valence-corrected chi connectivity index (χ1v) is 7.00. The lowest BCUT2D eigenvalue weighted by Gasteiger charge is -2.10. The predicted octanol–water partition coefficient (Wildman–Crippen LogP) is 2.10. The number of benzene rings is 1. The monoisotopic (exact) mass is 273 g/mol. The van der Waals surface area contributed by atoms with Gasteiger partial charge in [-0.1, -0.05) is 35.5 Å². The van der Waals surface area contributed by atoms with Crippen molar-refractivity contribution in [2.24, 2.45) is 0 Å². The van der Waals surface area contributed by atoms with Crippen LogP contribution in [0.25, 0.3) is 0 Å². The van der Waals surface area contributed by atoms with Crippen LogP contribution in [0.1, 0.15) is 36.2 Å². The Hall–Kier alpha value is -1.72. The largest absolute Gasteiger partial charge is 0.369 e. The number of nitrogens with zero attached hydrogens (tertiary/aromatic N) is 2. The minimum atomic E-state index is -0.273. The number of hydrogen-bond acceptors (Lipinski definition) is 5. The van der Waals surface area contributed by atoms with Crippen molar-refractivity contribution in [2.45, 2.75) is 31.4 Å². The van der Waals surface area contributed by atoms with Gasteiger partial charge in [-0.2, -0.15) is 4.98 Å². The molecule has 20 heavy (non-hydrogen) atoms. The molecule has 106 valence electrons. The molecule has 1 aliphatic rings. The molecule has 2 aromatic rings. The number of hydrogen-bond donors (Lipinski definition) is 1. The fourth-order valence-electron chi connectivity index (χ4n) is 2.17. The molecule has 0 radical (unpaired) electrons. The highest BCUT2D eigenvalue weighted by atomic mass is 16.5. The molecule has 0 aliphatic heterocycles. The van der Waals surface area contributed by atoms with Crippen LogP contribution in [-0.2, 0) is 11.2 Å². The highest BCUT2D eigenvalue weighted by Crippen LogP contribution is 2.23. The van der Waals surface area contributed by atoms with Gasteiger partial charge in [0.25, 0.3) is 0 Å². The van der Waals surface area contributed by atoms with E-state index in [9.17, 15) is 0 Å². The molecule has 5 heteroatoms. The predicted molar refractivity (Wildman–Crippen MR) is 74.3 cm³/mol. The van der Waals surface area contributed by atoms with Crippen LogP contribution in [0, 0.1) is 0 Å². The summed E-state index contributed by atoms with van der Waals surface area (Å²) in [5, 5.41) is 7.47. The second-order valence-electron chi connectivity index (χ2n) is 5.05. The van der Waals surface area contributed by atoms with Crippen molar-refractivity contribution in [2.75, 3.05) is 13.7 Å². The molecule has 1 aromatic carbocycles. The van der Waals surface area contributed by atoms with Crippen LogP contribution in [0.4, 0.5) is 0 Å². The van der Waals surface area contributed by atoms with Crippen molar-refractivity contribution < 1.29 is 9.26 Å². The molecule has 1 aliphatic carbocycles. The lowest BCUT2D eigenvalue weighted by Crippen LogP contribution is -2.19. The van der Waals surface area contributed by atoms with Crippen molar-refractivity contribution in [3.8, 4) is 0 Å². The highest BCUT2D eigenvalue weighted by Gasteiger charge is 2.21. The summed E-state index contributed by atoms with van der Waals surface area (Å²) in [7, 11) is 1.66. The van der Waals surface area contributed by atoms with Crippen LogP contribution in [-0.4, -0.2) is 29.8 Å². The van der Waals surface area contributed by atoms with Crippen LogP contribution in [0.2, 0.25) is 0 Å². The Morgan fingerprint density at radius 2 is 2.15 bits per heavy atom. The van der Waals surface area contributed by atoms with Crippen molar-refractivity contribution in [3.63, 3.8) is 0 Å². The van der Waals surface area contributed by atoms with Crippen LogP contribution in [0.15, 0.2) is 34.9 Å². The third-order valence-electron chi connectivity index (χ3n) is 3.41. The molecule has 3 rings (SSSR count). The second-order valence-corrected chi connectivity index (χ2v) is 5.05. The van der Waals surface area contributed by atoms with Crippen LogP contribution < -0.4 is 5.32 Å². The third-order valence-corrected chi connectivity index (χ3v) is 3.41. The van der Waals surface area contributed by atoms with Gasteiger partial charge >= 0.3 is 0 Å². The molecule has 1 heterocycles. The van der Waals surface area contributed by atoms with E-state index in [1.54, 1.807) is 7.11 Å². The smallest absolute Gasteiger partial charge is 0.228 e. The van der Waals surface area contributed by atoms with E-state index in [2.05, 4.69) is 15.5 Å². The zero-order chi connectivity index (χ0) is 13.8. The van der Waals surface area contributed by atoms with Crippen molar-refractivity contribution in [1.29, 1.82) is 0 Å². The summed E-state index contributed by atoms with van der Waals surface area (Å²) in [5.74, 6) is 1.24. The van der Waals surface area contributed by atoms with Gasteiger partial charge in [-0.25, -0.2) is 0 Å². The molecule has 0 bridgehead atoms. The number of methoxy groups -OCH3 is 1. The topological polar surface area (TPSA) is 60.2 Å². The van der Waals surface area contributed by atoms with Crippen molar-refractivity contribution in [1.82, 2.24) is 15.5 Å². The van der Waals surface area contributed by atoms with Gasteiger partial charge in [0.2, 0.25) is 11.7 Å². The second kappa shape index (κ2) is 6.15. The van der Waals surface area contributed by atoms with E-state index in [1.165, 1.54) is 12.8 Å². The molecular weight excluding hydrogens is 254 g/mol. The summed E-state index contributed by atoms with van der Waals surface area (Å²) in [6.07, 6.45) is 3.06. The molecule has 0 amide bonds. The van der Waals surface area contributed by atoms with E-state index < -0.39 is 0 Å². The van der Waals surface area contributed by atoms with Gasteiger partial charge in [-0.3, -0.25) is 0 Å². The van der Waals surface area contributed by atoms with Gasteiger partial charge in [0.05, 0.1) is 0 Å². The third kappa shape index (κ3) is 3.23. The summed E-state index contributed by atoms with van der Waals surface area (Å²) >= 11 is 0. The maximum atomic E-state index is 5.49. The summed E-state index contributed by atoms with van der Waals surface area (Å²) in [6, 6.07) is 10.6. The Morgan fingerprint density at radius 3 is 2.85 bits per heavy atom. The number of nitrogens with one attached hydrogen (secondary N) is 1. The van der Waals surface area contributed by atoms with E-state index >= 15 is 0 Å². The first kappa shape index (κ1) is 13.3. The molecule has 1 atom stereocenters. The molecule has 0 saturated heterocycles. The highest BCUT2D eigenvalue weighted by molar-refractivity contribution is 5.22. The quantitative estimate of drug-likeness (QED) is 0.837. The van der Waals surface area contributed by atoms with Crippen LogP contribution in [0.5, 0.6) is 0 Å². The maximum absolute atomic E-state index is 5.49. The maximum Gasteiger partial charge on any atom is 0.228 e. The lowest BCUT2D eigenvalue weighted by molar-refractivity contribution is 0.126. The fraction of sp³-hybridized carbons (Fsp3) is 0.467. The molecule has 1 saturated carbocycles. The molecule has 1 aromatic heterocycles. The molecule has 1 N–H and O–H groups in total. The van der Waals surface area contributed by atoms with Gasteiger partial charge in [-0.05, 0) is 18.4 Å². The molecule has 0 spiro atoms. The summed E-state index contributed by atoms with van der Waals surface area (Å²) in [5.41, 5.74) is 1.03. The molecule has 1 unspecified atom stereocenters. The first-order valence-electron chi connectivity index (χ1n) is 7.00. The van der Waals surface area contributed by atoms with E-state index in [-0.39, 0.29) is 6.10 Å². The summed E-state index contributed by atoms with van der Waals surface area (Å²) in [6.45, 7) is 0.884. The van der Waals surface area contributed by atoms with E-state index in [0.717, 1.165) is 18.5 Å².